The van der Waals surface area contributed by atoms with E-state index in [2.05, 4.69) is 53.1 Å². The Morgan fingerprint density at radius 3 is 2.65 bits per heavy atom. The Labute approximate surface area is 208 Å². The number of piperidine rings is 1. The molecule has 2 heterocycles. The number of nitrogens with zero attached hydrogens (tertiary/aromatic N) is 3. The Kier molecular flexibility index (Phi) is 7.89. The van der Waals surface area contributed by atoms with Crippen LogP contribution in [0.25, 0.3) is 0 Å². The van der Waals surface area contributed by atoms with Gasteiger partial charge in [-0.3, -0.25) is 4.90 Å². The number of methoxy groups -OCH3 is 1. The van der Waals surface area contributed by atoms with Gasteiger partial charge >= 0.3 is 0 Å². The molecule has 0 radical (unpaired) electrons. The van der Waals surface area contributed by atoms with Crippen LogP contribution in [-0.4, -0.2) is 57.1 Å². The maximum absolute atomic E-state index is 6.25. The molecule has 0 N–H and O–H groups in total. The van der Waals surface area contributed by atoms with Crippen LogP contribution in [0.2, 0.25) is 5.02 Å². The molecule has 2 aromatic rings. The summed E-state index contributed by atoms with van der Waals surface area (Å²) in [6.45, 7) is 9.78. The zero-order valence-corrected chi connectivity index (χ0v) is 21.7. The maximum atomic E-state index is 6.25. The van der Waals surface area contributed by atoms with E-state index in [1.54, 1.807) is 14.2 Å². The highest BCUT2D eigenvalue weighted by Gasteiger charge is 2.36. The van der Waals surface area contributed by atoms with Crippen LogP contribution in [0.15, 0.2) is 35.5 Å². The minimum atomic E-state index is 0.427. The first-order chi connectivity index (χ1) is 16.4. The summed E-state index contributed by atoms with van der Waals surface area (Å²) in [4.78, 5) is 10.0. The first kappa shape index (κ1) is 24.7. The summed E-state index contributed by atoms with van der Waals surface area (Å²) < 4.78 is 11.5. The number of piperazine rings is 1. The molecule has 0 amide bonds. The van der Waals surface area contributed by atoms with E-state index in [0.717, 1.165) is 36.8 Å². The van der Waals surface area contributed by atoms with Gasteiger partial charge < -0.3 is 19.2 Å². The summed E-state index contributed by atoms with van der Waals surface area (Å²) in [6.07, 6.45) is 3.67. The topological polar surface area (TPSA) is 46.5 Å². The number of ether oxygens (including phenoxy) is 2. The van der Waals surface area contributed by atoms with Gasteiger partial charge in [0.1, 0.15) is 25.2 Å². The molecule has 7 heteroatoms. The van der Waals surface area contributed by atoms with E-state index in [9.17, 15) is 0 Å². The first-order valence-electron chi connectivity index (χ1n) is 12.1. The molecule has 2 aliphatic heterocycles. The molecular weight excluding hydrogens is 450 g/mol. The van der Waals surface area contributed by atoms with Crippen LogP contribution in [0.1, 0.15) is 48.9 Å². The van der Waals surface area contributed by atoms with Crippen molar-refractivity contribution >= 4 is 23.0 Å². The van der Waals surface area contributed by atoms with Crippen LogP contribution in [0, 0.1) is 13.8 Å². The normalized spacial score (nSPS) is 21.2. The van der Waals surface area contributed by atoms with Gasteiger partial charge in [-0.1, -0.05) is 22.8 Å². The molecule has 34 heavy (non-hydrogen) atoms. The quantitative estimate of drug-likeness (QED) is 0.367. The van der Waals surface area contributed by atoms with E-state index in [1.807, 2.05) is 13.0 Å². The van der Waals surface area contributed by atoms with Gasteiger partial charge in [-0.15, -0.1) is 0 Å². The fraction of sp³-hybridized carbons (Fsp3) is 0.519. The predicted molar refractivity (Wildman–Crippen MR) is 139 cm³/mol. The number of fused-ring (bicyclic) bond motifs is 1. The Bertz CT molecular complexity index is 1040. The largest absolute Gasteiger partial charge is 0.495 e. The molecule has 6 nitrogen and oxygen atoms in total. The molecule has 2 fully saturated rings. The average molecular weight is 486 g/mol. The zero-order valence-electron chi connectivity index (χ0n) is 20.9. The molecule has 2 aromatic carbocycles. The minimum Gasteiger partial charge on any atom is -0.495 e. The summed E-state index contributed by atoms with van der Waals surface area (Å²) in [5, 5.41) is 4.59. The van der Waals surface area contributed by atoms with E-state index in [-0.39, 0.29) is 0 Å². The molecule has 0 aromatic heterocycles. The molecule has 0 bridgehead atoms. The van der Waals surface area contributed by atoms with Crippen LogP contribution in [0.3, 0.4) is 0 Å². The van der Waals surface area contributed by atoms with Crippen molar-refractivity contribution in [1.29, 1.82) is 0 Å². The molecule has 2 saturated heterocycles. The van der Waals surface area contributed by atoms with Gasteiger partial charge in [0.05, 0.1) is 17.8 Å². The molecule has 184 valence electrons. The van der Waals surface area contributed by atoms with Crippen molar-refractivity contribution in [3.63, 3.8) is 0 Å². The first-order valence-corrected chi connectivity index (χ1v) is 12.4. The molecule has 0 aliphatic carbocycles. The van der Waals surface area contributed by atoms with Crippen molar-refractivity contribution in [3.8, 4) is 11.5 Å². The highest BCUT2D eigenvalue weighted by Crippen LogP contribution is 2.40. The summed E-state index contributed by atoms with van der Waals surface area (Å²) in [5.41, 5.74) is 5.96. The average Bonchev–Trinajstić information content (AvgIpc) is 2.85. The van der Waals surface area contributed by atoms with Crippen molar-refractivity contribution in [2.75, 3.05) is 45.4 Å². The van der Waals surface area contributed by atoms with Crippen molar-refractivity contribution in [2.24, 2.45) is 5.16 Å². The molecular formula is C27H36ClN3O3. The second kappa shape index (κ2) is 10.9. The fourth-order valence-corrected chi connectivity index (χ4v) is 5.56. The lowest BCUT2D eigenvalue weighted by atomic mass is 9.86. The van der Waals surface area contributed by atoms with Gasteiger partial charge in [0, 0.05) is 43.5 Å². The third-order valence-electron chi connectivity index (χ3n) is 7.27. The Balaban J connectivity index is 1.49. The lowest BCUT2D eigenvalue weighted by molar-refractivity contribution is 0.0712. The Morgan fingerprint density at radius 2 is 1.88 bits per heavy atom. The van der Waals surface area contributed by atoms with Crippen molar-refractivity contribution < 1.29 is 14.3 Å². The number of halogens is 1. The molecule has 0 spiro atoms. The maximum Gasteiger partial charge on any atom is 0.139 e. The number of rotatable bonds is 7. The van der Waals surface area contributed by atoms with Gasteiger partial charge in [-0.05, 0) is 74.9 Å². The van der Waals surface area contributed by atoms with Gasteiger partial charge in [0.25, 0.3) is 0 Å². The lowest BCUT2D eigenvalue weighted by Crippen LogP contribution is -2.56. The van der Waals surface area contributed by atoms with E-state index in [0.29, 0.717) is 23.7 Å². The standard InChI is InChI=1S/C27H36ClN3O3/c1-18(29-33-5)17-34-26-12-10-23(19(2)20(26)3)25-8-6-7-22-16-30(13-14-31(22)25)21-9-11-24(28)27(15-21)32-4/h9-12,15,22,25H,6-8,13-14,16-17H2,1-5H3/b29-18-/t22-,25+/m0/s1. The summed E-state index contributed by atoms with van der Waals surface area (Å²) in [5.74, 6) is 1.65. The second-order valence-corrected chi connectivity index (χ2v) is 9.71. The predicted octanol–water partition coefficient (Wildman–Crippen LogP) is 5.78. The number of oxime groups is 1. The van der Waals surface area contributed by atoms with E-state index in [4.69, 9.17) is 25.9 Å². The van der Waals surface area contributed by atoms with Crippen LogP contribution in [0.4, 0.5) is 5.69 Å². The number of hydrogen-bond donors (Lipinski definition) is 0. The number of benzene rings is 2. The van der Waals surface area contributed by atoms with Gasteiger partial charge in [-0.25, -0.2) is 0 Å². The molecule has 0 saturated carbocycles. The zero-order chi connectivity index (χ0) is 24.2. The second-order valence-electron chi connectivity index (χ2n) is 9.30. The van der Waals surface area contributed by atoms with Crippen LogP contribution in [0.5, 0.6) is 11.5 Å². The van der Waals surface area contributed by atoms with Crippen LogP contribution >= 0.6 is 11.6 Å². The van der Waals surface area contributed by atoms with Crippen molar-refractivity contribution in [2.45, 2.75) is 52.1 Å². The molecule has 0 unspecified atom stereocenters. The van der Waals surface area contributed by atoms with E-state index < -0.39 is 0 Å². The summed E-state index contributed by atoms with van der Waals surface area (Å²) in [7, 11) is 3.22. The van der Waals surface area contributed by atoms with Crippen LogP contribution in [-0.2, 0) is 4.84 Å². The highest BCUT2D eigenvalue weighted by atomic mass is 35.5. The molecule has 4 rings (SSSR count). The third kappa shape index (κ3) is 5.13. The Hall–Kier alpha value is -2.44. The Morgan fingerprint density at radius 1 is 1.06 bits per heavy atom. The molecule has 2 aliphatic rings. The van der Waals surface area contributed by atoms with E-state index >= 15 is 0 Å². The number of hydrogen-bond acceptors (Lipinski definition) is 6. The van der Waals surface area contributed by atoms with Crippen molar-refractivity contribution in [3.05, 3.63) is 52.0 Å². The van der Waals surface area contributed by atoms with Gasteiger partial charge in [-0.2, -0.15) is 0 Å². The van der Waals surface area contributed by atoms with Gasteiger partial charge in [0.15, 0.2) is 0 Å². The summed E-state index contributed by atoms with van der Waals surface area (Å²) >= 11 is 6.25. The minimum absolute atomic E-state index is 0.427. The number of anilines is 1. The fourth-order valence-electron chi connectivity index (χ4n) is 5.36. The van der Waals surface area contributed by atoms with Gasteiger partial charge in [0.2, 0.25) is 0 Å². The third-order valence-corrected chi connectivity index (χ3v) is 7.58. The lowest BCUT2D eigenvalue weighted by Gasteiger charge is -2.49. The van der Waals surface area contributed by atoms with Crippen molar-refractivity contribution in [1.82, 2.24) is 4.90 Å². The SMILES string of the molecule is CO/N=C(/C)COc1ccc([C@H]2CCC[C@H]3CN(c4ccc(Cl)c(OC)c4)CCN32)c(C)c1C. The summed E-state index contributed by atoms with van der Waals surface area (Å²) in [6, 6.07) is 11.5. The highest BCUT2D eigenvalue weighted by molar-refractivity contribution is 6.32. The smallest absolute Gasteiger partial charge is 0.139 e. The van der Waals surface area contributed by atoms with E-state index in [1.165, 1.54) is 41.6 Å². The van der Waals surface area contributed by atoms with Crippen LogP contribution < -0.4 is 14.4 Å². The molecule has 2 atom stereocenters. The monoisotopic (exact) mass is 485 g/mol.